The molecule has 9 nitrogen and oxygen atoms in total. The number of nitrogens with two attached hydrogens (primary N) is 1. The molecule has 0 saturated carbocycles. The highest BCUT2D eigenvalue weighted by molar-refractivity contribution is 5.93. The van der Waals surface area contributed by atoms with E-state index in [0.717, 1.165) is 6.42 Å². The van der Waals surface area contributed by atoms with Crippen molar-refractivity contribution >= 4 is 24.0 Å². The number of nitro benzene ring substituents is 1. The lowest BCUT2D eigenvalue weighted by atomic mass is 9.90. The zero-order chi connectivity index (χ0) is 19.5. The van der Waals surface area contributed by atoms with Crippen LogP contribution in [-0.2, 0) is 0 Å². The Labute approximate surface area is 163 Å². The third-order valence-electron chi connectivity index (χ3n) is 4.12. The zero-order valence-electron chi connectivity index (χ0n) is 15.8. The van der Waals surface area contributed by atoms with Crippen LogP contribution in [-0.4, -0.2) is 37.9 Å². The number of nitrogens with zero attached hydrogens (tertiary/aromatic N) is 4. The van der Waals surface area contributed by atoms with Crippen LogP contribution in [0.3, 0.4) is 0 Å². The van der Waals surface area contributed by atoms with Gasteiger partial charge < -0.3 is 11.1 Å². The summed E-state index contributed by atoms with van der Waals surface area (Å²) in [6.45, 7) is 8.00. The Morgan fingerprint density at radius 3 is 2.67 bits per heavy atom. The summed E-state index contributed by atoms with van der Waals surface area (Å²) in [7, 11) is 0. The molecule has 10 heteroatoms. The second kappa shape index (κ2) is 8.92. The summed E-state index contributed by atoms with van der Waals surface area (Å²) < 4.78 is 1.41. The minimum Gasteiger partial charge on any atom is -0.344 e. The van der Waals surface area contributed by atoms with Gasteiger partial charge in [0.1, 0.15) is 0 Å². The van der Waals surface area contributed by atoms with Crippen LogP contribution in [0.15, 0.2) is 24.3 Å². The molecular weight excluding hydrogens is 372 g/mol. The lowest BCUT2D eigenvalue weighted by molar-refractivity contribution is -0.384. The lowest BCUT2D eigenvalue weighted by Gasteiger charge is -2.30. The second-order valence-corrected chi connectivity index (χ2v) is 7.03. The topological polar surface area (TPSA) is 129 Å². The van der Waals surface area contributed by atoms with Crippen LogP contribution in [0.1, 0.15) is 43.4 Å². The first-order valence-corrected chi connectivity index (χ1v) is 8.36. The molecule has 2 rings (SSSR count). The first kappa shape index (κ1) is 22.5. The number of benzene rings is 1. The number of halogens is 1. The van der Waals surface area contributed by atoms with E-state index in [-0.39, 0.29) is 29.7 Å². The smallest absolute Gasteiger partial charge is 0.274 e. The highest BCUT2D eigenvalue weighted by Gasteiger charge is 2.28. The van der Waals surface area contributed by atoms with E-state index >= 15 is 0 Å². The van der Waals surface area contributed by atoms with Gasteiger partial charge in [-0.1, -0.05) is 25.1 Å². The number of nitrogens with one attached hydrogen (secondary N) is 1. The van der Waals surface area contributed by atoms with Crippen LogP contribution in [0.25, 0.3) is 5.69 Å². The van der Waals surface area contributed by atoms with Gasteiger partial charge in [-0.05, 0) is 32.3 Å². The average molecular weight is 397 g/mol. The fourth-order valence-corrected chi connectivity index (χ4v) is 2.94. The van der Waals surface area contributed by atoms with Crippen LogP contribution >= 0.6 is 12.4 Å². The highest BCUT2D eigenvalue weighted by Crippen LogP contribution is 2.20. The zero-order valence-corrected chi connectivity index (χ0v) is 16.6. The Hall–Kier alpha value is -2.52. The number of hydrogen-bond donors (Lipinski definition) is 2. The summed E-state index contributed by atoms with van der Waals surface area (Å²) in [4.78, 5) is 23.1. The van der Waals surface area contributed by atoms with Crippen molar-refractivity contribution in [2.24, 2.45) is 11.7 Å². The second-order valence-electron chi connectivity index (χ2n) is 7.03. The number of carbonyl (C=O) groups is 1. The SMILES string of the molecule is Cc1c(C(=O)NC(C)(CN)CC(C)C)nnn1-c1cccc([N+](=O)[O-])c1.Cl. The largest absolute Gasteiger partial charge is 0.344 e. The van der Waals surface area contributed by atoms with Crippen molar-refractivity contribution in [3.63, 3.8) is 0 Å². The number of non-ortho nitro benzene ring substituents is 1. The molecule has 0 radical (unpaired) electrons. The molecule has 3 N–H and O–H groups in total. The van der Waals surface area contributed by atoms with E-state index < -0.39 is 10.5 Å². The summed E-state index contributed by atoms with van der Waals surface area (Å²) in [5.74, 6) is -0.00159. The summed E-state index contributed by atoms with van der Waals surface area (Å²) in [6, 6.07) is 6.00. The maximum Gasteiger partial charge on any atom is 0.274 e. The Morgan fingerprint density at radius 2 is 2.11 bits per heavy atom. The van der Waals surface area contributed by atoms with Gasteiger partial charge in [0, 0.05) is 18.7 Å². The van der Waals surface area contributed by atoms with Gasteiger partial charge >= 0.3 is 0 Å². The quantitative estimate of drug-likeness (QED) is 0.546. The Balaban J connectivity index is 0.00000364. The van der Waals surface area contributed by atoms with Gasteiger partial charge in [0.2, 0.25) is 0 Å². The minimum atomic E-state index is -0.549. The predicted molar refractivity (Wildman–Crippen MR) is 104 cm³/mol. The van der Waals surface area contributed by atoms with Gasteiger partial charge in [-0.15, -0.1) is 17.5 Å². The highest BCUT2D eigenvalue weighted by atomic mass is 35.5. The third-order valence-corrected chi connectivity index (χ3v) is 4.12. The molecule has 1 heterocycles. The van der Waals surface area contributed by atoms with Crippen LogP contribution in [0.2, 0.25) is 0 Å². The summed E-state index contributed by atoms with van der Waals surface area (Å²) in [5, 5.41) is 21.8. The lowest BCUT2D eigenvalue weighted by Crippen LogP contribution is -2.52. The van der Waals surface area contributed by atoms with Crippen LogP contribution in [0.4, 0.5) is 5.69 Å². The molecule has 1 amide bonds. The van der Waals surface area contributed by atoms with E-state index in [9.17, 15) is 14.9 Å². The standard InChI is InChI=1S/C17H24N6O3.ClH/c1-11(2)9-17(4,10-18)19-16(24)15-12(3)22(21-20-15)13-6-5-7-14(8-13)23(25)26;/h5-8,11H,9-10,18H2,1-4H3,(H,19,24);1H. The van der Waals surface area contributed by atoms with Crippen molar-refractivity contribution in [2.45, 2.75) is 39.7 Å². The number of aromatic nitrogens is 3. The number of nitro groups is 1. The molecule has 2 aromatic rings. The molecule has 0 spiro atoms. The Bertz CT molecular complexity index is 823. The Kier molecular flexibility index (Phi) is 7.44. The molecule has 148 valence electrons. The molecule has 0 aliphatic rings. The molecule has 1 aromatic heterocycles. The number of hydrogen-bond acceptors (Lipinski definition) is 6. The van der Waals surface area contributed by atoms with E-state index in [4.69, 9.17) is 5.73 Å². The molecule has 0 aliphatic heterocycles. The van der Waals surface area contributed by atoms with E-state index in [1.165, 1.54) is 16.8 Å². The first-order chi connectivity index (χ1) is 12.2. The average Bonchev–Trinajstić information content (AvgIpc) is 2.95. The Morgan fingerprint density at radius 1 is 1.44 bits per heavy atom. The van der Waals surface area contributed by atoms with E-state index in [1.54, 1.807) is 19.1 Å². The molecule has 0 bridgehead atoms. The van der Waals surface area contributed by atoms with E-state index in [0.29, 0.717) is 23.8 Å². The summed E-state index contributed by atoms with van der Waals surface area (Å²) in [5.41, 5.74) is 6.36. The molecule has 1 atom stereocenters. The maximum absolute atomic E-state index is 12.7. The van der Waals surface area contributed by atoms with Gasteiger partial charge in [-0.2, -0.15) is 0 Å². The number of amides is 1. The van der Waals surface area contributed by atoms with E-state index in [2.05, 4.69) is 29.5 Å². The van der Waals surface area contributed by atoms with Crippen molar-refractivity contribution < 1.29 is 9.72 Å². The third kappa shape index (κ3) is 5.24. The van der Waals surface area contributed by atoms with Gasteiger partial charge in [0.15, 0.2) is 5.69 Å². The predicted octanol–water partition coefficient (Wildman–Crippen LogP) is 2.40. The van der Waals surface area contributed by atoms with Crippen LogP contribution < -0.4 is 11.1 Å². The first-order valence-electron chi connectivity index (χ1n) is 8.36. The van der Waals surface area contributed by atoms with Crippen LogP contribution in [0.5, 0.6) is 0 Å². The van der Waals surface area contributed by atoms with Crippen molar-refractivity contribution in [1.82, 2.24) is 20.3 Å². The molecule has 1 aromatic carbocycles. The van der Waals surface area contributed by atoms with Gasteiger partial charge in [-0.3, -0.25) is 14.9 Å². The van der Waals surface area contributed by atoms with Crippen molar-refractivity contribution in [1.29, 1.82) is 0 Å². The number of carbonyl (C=O) groups excluding carboxylic acids is 1. The molecule has 0 fully saturated rings. The molecular formula is C17H25ClN6O3. The van der Waals surface area contributed by atoms with Gasteiger partial charge in [0.05, 0.1) is 21.8 Å². The summed E-state index contributed by atoms with van der Waals surface area (Å²) >= 11 is 0. The molecule has 27 heavy (non-hydrogen) atoms. The molecule has 0 aliphatic carbocycles. The fraction of sp³-hybridized carbons (Fsp3) is 0.471. The van der Waals surface area contributed by atoms with Crippen LogP contribution in [0, 0.1) is 23.0 Å². The van der Waals surface area contributed by atoms with Crippen molar-refractivity contribution in [2.75, 3.05) is 6.54 Å². The normalized spacial score (nSPS) is 13.0. The maximum atomic E-state index is 12.7. The van der Waals surface area contributed by atoms with Crippen molar-refractivity contribution in [3.8, 4) is 5.69 Å². The molecule has 0 saturated heterocycles. The molecule has 1 unspecified atom stereocenters. The van der Waals surface area contributed by atoms with Gasteiger partial charge in [0.25, 0.3) is 11.6 Å². The van der Waals surface area contributed by atoms with Gasteiger partial charge in [-0.25, -0.2) is 4.68 Å². The van der Waals surface area contributed by atoms with E-state index in [1.807, 2.05) is 6.92 Å². The monoisotopic (exact) mass is 396 g/mol. The number of rotatable bonds is 7. The minimum absolute atomic E-state index is 0. The fourth-order valence-electron chi connectivity index (χ4n) is 2.94. The van der Waals surface area contributed by atoms with Crippen molar-refractivity contribution in [3.05, 3.63) is 45.8 Å². The summed E-state index contributed by atoms with van der Waals surface area (Å²) in [6.07, 6.45) is 0.729.